The van der Waals surface area contributed by atoms with Crippen molar-refractivity contribution in [3.8, 4) is 0 Å². The molecule has 0 aliphatic rings. The largest absolute Gasteiger partial charge is 0.289 e. The van der Waals surface area contributed by atoms with Gasteiger partial charge in [-0.25, -0.2) is 8.78 Å². The first kappa shape index (κ1) is 19.0. The Balaban J connectivity index is 1.85. The van der Waals surface area contributed by atoms with Crippen molar-refractivity contribution in [1.29, 1.82) is 0 Å². The van der Waals surface area contributed by atoms with Crippen molar-refractivity contribution in [2.24, 2.45) is 0 Å². The zero-order valence-corrected chi connectivity index (χ0v) is 15.6. The molecule has 1 heterocycles. The summed E-state index contributed by atoms with van der Waals surface area (Å²) in [5.41, 5.74) is 3.13. The number of aromatic nitrogens is 2. The van der Waals surface area contributed by atoms with Gasteiger partial charge in [-0.1, -0.05) is 29.8 Å². The van der Waals surface area contributed by atoms with Gasteiger partial charge in [0.1, 0.15) is 11.6 Å². The van der Waals surface area contributed by atoms with E-state index in [9.17, 15) is 13.6 Å². The lowest BCUT2D eigenvalue weighted by molar-refractivity contribution is 0.104. The third-order valence-electron chi connectivity index (χ3n) is 4.31. The standard InChI is InChI=1S/C21H17ClF2N2O/c1-13-17(9-10-21(27)18-8-7-16(23)11-20(18)24)14(2)26(25-13)12-15-5-3-4-6-19(15)22/h3-11H,12H2,1-2H3/b10-9+. The van der Waals surface area contributed by atoms with Crippen LogP contribution in [0.25, 0.3) is 6.08 Å². The van der Waals surface area contributed by atoms with Crippen molar-refractivity contribution in [2.45, 2.75) is 20.4 Å². The van der Waals surface area contributed by atoms with Gasteiger partial charge in [-0.3, -0.25) is 9.48 Å². The molecule has 0 aliphatic carbocycles. The highest BCUT2D eigenvalue weighted by Crippen LogP contribution is 2.21. The van der Waals surface area contributed by atoms with Crippen LogP contribution in [0.15, 0.2) is 48.5 Å². The molecule has 0 N–H and O–H groups in total. The zero-order valence-electron chi connectivity index (χ0n) is 14.8. The van der Waals surface area contributed by atoms with Crippen molar-refractivity contribution >= 4 is 23.5 Å². The summed E-state index contributed by atoms with van der Waals surface area (Å²) in [6.45, 7) is 4.22. The van der Waals surface area contributed by atoms with Crippen LogP contribution in [0.4, 0.5) is 8.78 Å². The van der Waals surface area contributed by atoms with Crippen LogP contribution in [-0.2, 0) is 6.54 Å². The Morgan fingerprint density at radius 1 is 1.19 bits per heavy atom. The molecule has 0 atom stereocenters. The highest BCUT2D eigenvalue weighted by molar-refractivity contribution is 6.31. The summed E-state index contributed by atoms with van der Waals surface area (Å²) in [7, 11) is 0. The van der Waals surface area contributed by atoms with Crippen molar-refractivity contribution in [1.82, 2.24) is 9.78 Å². The van der Waals surface area contributed by atoms with E-state index >= 15 is 0 Å². The number of aryl methyl sites for hydroxylation is 1. The molecule has 27 heavy (non-hydrogen) atoms. The van der Waals surface area contributed by atoms with Gasteiger partial charge in [0.25, 0.3) is 0 Å². The number of halogens is 3. The predicted molar refractivity (Wildman–Crippen MR) is 102 cm³/mol. The Morgan fingerprint density at radius 2 is 1.93 bits per heavy atom. The number of allylic oxidation sites excluding steroid dienone is 1. The van der Waals surface area contributed by atoms with Gasteiger partial charge in [-0.2, -0.15) is 5.10 Å². The summed E-state index contributed by atoms with van der Waals surface area (Å²) in [5.74, 6) is -2.14. The van der Waals surface area contributed by atoms with Gasteiger partial charge in [-0.05, 0) is 49.8 Å². The SMILES string of the molecule is Cc1nn(Cc2ccccc2Cl)c(C)c1/C=C/C(=O)c1ccc(F)cc1F. The number of hydrogen-bond acceptors (Lipinski definition) is 2. The maximum atomic E-state index is 13.7. The lowest BCUT2D eigenvalue weighted by atomic mass is 10.1. The highest BCUT2D eigenvalue weighted by atomic mass is 35.5. The lowest BCUT2D eigenvalue weighted by Crippen LogP contribution is -2.04. The van der Waals surface area contributed by atoms with Gasteiger partial charge < -0.3 is 0 Å². The van der Waals surface area contributed by atoms with E-state index in [0.717, 1.165) is 34.6 Å². The zero-order chi connectivity index (χ0) is 19.6. The van der Waals surface area contributed by atoms with E-state index in [-0.39, 0.29) is 5.56 Å². The van der Waals surface area contributed by atoms with Gasteiger partial charge in [-0.15, -0.1) is 0 Å². The molecule has 0 bridgehead atoms. The summed E-state index contributed by atoms with van der Waals surface area (Å²) in [6, 6.07) is 10.4. The van der Waals surface area contributed by atoms with Crippen molar-refractivity contribution in [3.05, 3.63) is 93.3 Å². The van der Waals surface area contributed by atoms with E-state index in [2.05, 4.69) is 5.10 Å². The first-order valence-corrected chi connectivity index (χ1v) is 8.69. The summed E-state index contributed by atoms with van der Waals surface area (Å²) in [4.78, 5) is 12.2. The molecule has 2 aromatic carbocycles. The minimum absolute atomic E-state index is 0.175. The molecule has 0 aliphatic heterocycles. The molecule has 0 unspecified atom stereocenters. The topological polar surface area (TPSA) is 34.9 Å². The molecule has 0 saturated heterocycles. The fourth-order valence-corrected chi connectivity index (χ4v) is 3.03. The molecular formula is C21H17ClF2N2O. The van der Waals surface area contributed by atoms with E-state index in [0.29, 0.717) is 17.6 Å². The van der Waals surface area contributed by atoms with E-state index in [1.807, 2.05) is 38.1 Å². The van der Waals surface area contributed by atoms with Crippen LogP contribution in [0.5, 0.6) is 0 Å². The van der Waals surface area contributed by atoms with Crippen LogP contribution in [0.3, 0.4) is 0 Å². The van der Waals surface area contributed by atoms with E-state index in [1.165, 1.54) is 6.08 Å². The smallest absolute Gasteiger partial charge is 0.188 e. The Labute approximate surface area is 160 Å². The molecule has 3 aromatic rings. The van der Waals surface area contributed by atoms with E-state index in [1.54, 1.807) is 10.8 Å². The summed E-state index contributed by atoms with van der Waals surface area (Å²) in [6.07, 6.45) is 2.87. The summed E-state index contributed by atoms with van der Waals surface area (Å²) < 4.78 is 28.5. The normalized spacial score (nSPS) is 11.3. The maximum absolute atomic E-state index is 13.7. The van der Waals surface area contributed by atoms with Gasteiger partial charge in [0.15, 0.2) is 5.78 Å². The molecule has 0 spiro atoms. The third-order valence-corrected chi connectivity index (χ3v) is 4.68. The van der Waals surface area contributed by atoms with E-state index in [4.69, 9.17) is 11.6 Å². The molecule has 138 valence electrons. The minimum Gasteiger partial charge on any atom is -0.289 e. The Morgan fingerprint density at radius 3 is 2.63 bits per heavy atom. The summed E-state index contributed by atoms with van der Waals surface area (Å²) in [5, 5.41) is 5.15. The average molecular weight is 387 g/mol. The van der Waals surface area contributed by atoms with Gasteiger partial charge >= 0.3 is 0 Å². The average Bonchev–Trinajstić information content (AvgIpc) is 2.88. The number of rotatable bonds is 5. The first-order chi connectivity index (χ1) is 12.9. The number of carbonyl (C=O) groups excluding carboxylic acids is 1. The van der Waals surface area contributed by atoms with Crippen LogP contribution in [-0.4, -0.2) is 15.6 Å². The van der Waals surface area contributed by atoms with Crippen molar-refractivity contribution in [3.63, 3.8) is 0 Å². The molecular weight excluding hydrogens is 370 g/mol. The predicted octanol–water partition coefficient (Wildman–Crippen LogP) is 5.38. The number of nitrogens with zero attached hydrogens (tertiary/aromatic N) is 2. The number of ketones is 1. The molecule has 0 fully saturated rings. The molecule has 0 amide bonds. The van der Waals surface area contributed by atoms with Crippen molar-refractivity contribution < 1.29 is 13.6 Å². The second-order valence-corrected chi connectivity index (χ2v) is 6.56. The van der Waals surface area contributed by atoms with E-state index < -0.39 is 17.4 Å². The minimum atomic E-state index is -0.882. The maximum Gasteiger partial charge on any atom is 0.188 e. The van der Waals surface area contributed by atoms with Crippen LogP contribution in [0.2, 0.25) is 5.02 Å². The molecule has 3 rings (SSSR count). The Bertz CT molecular complexity index is 1040. The Kier molecular flexibility index (Phi) is 5.51. The second kappa shape index (κ2) is 7.84. The molecule has 0 saturated carbocycles. The molecule has 3 nitrogen and oxygen atoms in total. The fourth-order valence-electron chi connectivity index (χ4n) is 2.83. The van der Waals surface area contributed by atoms with Gasteiger partial charge in [0, 0.05) is 22.3 Å². The molecule has 1 aromatic heterocycles. The third kappa shape index (κ3) is 4.14. The Hall–Kier alpha value is -2.79. The monoisotopic (exact) mass is 386 g/mol. The second-order valence-electron chi connectivity index (χ2n) is 6.16. The van der Waals surface area contributed by atoms with Crippen LogP contribution < -0.4 is 0 Å². The molecule has 0 radical (unpaired) electrons. The van der Waals surface area contributed by atoms with Crippen LogP contribution >= 0.6 is 11.6 Å². The van der Waals surface area contributed by atoms with Gasteiger partial charge in [0.05, 0.1) is 17.8 Å². The van der Waals surface area contributed by atoms with Crippen LogP contribution in [0.1, 0.15) is 32.9 Å². The van der Waals surface area contributed by atoms with Gasteiger partial charge in [0.2, 0.25) is 0 Å². The number of benzene rings is 2. The highest BCUT2D eigenvalue weighted by Gasteiger charge is 2.13. The lowest BCUT2D eigenvalue weighted by Gasteiger charge is -2.06. The quantitative estimate of drug-likeness (QED) is 0.436. The van der Waals surface area contributed by atoms with Crippen molar-refractivity contribution in [2.75, 3.05) is 0 Å². The number of hydrogen-bond donors (Lipinski definition) is 0. The number of carbonyl (C=O) groups is 1. The summed E-state index contributed by atoms with van der Waals surface area (Å²) >= 11 is 6.21. The fraction of sp³-hybridized carbons (Fsp3) is 0.143. The molecule has 6 heteroatoms. The first-order valence-electron chi connectivity index (χ1n) is 8.31. The van der Waals surface area contributed by atoms with Crippen LogP contribution in [0, 0.1) is 25.5 Å².